The van der Waals surface area contributed by atoms with Crippen LogP contribution in [0.3, 0.4) is 0 Å². The summed E-state index contributed by atoms with van der Waals surface area (Å²) in [4.78, 5) is 15.0. The fourth-order valence-electron chi connectivity index (χ4n) is 3.83. The van der Waals surface area contributed by atoms with Gasteiger partial charge in [-0.3, -0.25) is 4.79 Å². The smallest absolute Gasteiger partial charge is 0.276 e. The van der Waals surface area contributed by atoms with Crippen LogP contribution in [0.15, 0.2) is 34.3 Å². The van der Waals surface area contributed by atoms with E-state index < -0.39 is 15.4 Å². The lowest BCUT2D eigenvalue weighted by Gasteiger charge is -2.31. The van der Waals surface area contributed by atoms with Crippen molar-refractivity contribution in [1.82, 2.24) is 4.83 Å². The van der Waals surface area contributed by atoms with Crippen molar-refractivity contribution < 1.29 is 13.2 Å². The van der Waals surface area contributed by atoms with Crippen LogP contribution in [0.25, 0.3) is 0 Å². The molecule has 124 valence electrons. The van der Waals surface area contributed by atoms with E-state index in [0.717, 1.165) is 18.4 Å². The van der Waals surface area contributed by atoms with Crippen LogP contribution in [-0.2, 0) is 14.8 Å². The Kier molecular flexibility index (Phi) is 3.45. The lowest BCUT2D eigenvalue weighted by atomic mass is 9.70. The standard InChI is InChI=1S/C17H22N2O3S/c1-11-5-7-12(8-6-11)23(21,22)19-18-14-13-9-10-17(4,15(14)20)16(13,2)3/h5-8,13,19H,9-10H2,1-4H3/b18-14+/t13-,17+/m1/s1. The number of fused-ring (bicyclic) bond motifs is 2. The zero-order valence-corrected chi connectivity index (χ0v) is 14.7. The predicted molar refractivity (Wildman–Crippen MR) is 88.6 cm³/mol. The minimum absolute atomic E-state index is 0.0146. The summed E-state index contributed by atoms with van der Waals surface area (Å²) in [5.74, 6) is -0.00826. The van der Waals surface area contributed by atoms with E-state index in [4.69, 9.17) is 0 Å². The third kappa shape index (κ3) is 2.23. The molecule has 5 nitrogen and oxygen atoms in total. The number of carbonyl (C=O) groups excluding carboxylic acids is 1. The van der Waals surface area contributed by atoms with Crippen LogP contribution in [0.1, 0.15) is 39.2 Å². The number of hydrazone groups is 1. The minimum atomic E-state index is -3.75. The molecule has 2 bridgehead atoms. The molecule has 2 saturated carbocycles. The molecule has 6 heteroatoms. The van der Waals surface area contributed by atoms with Crippen LogP contribution < -0.4 is 4.83 Å². The molecule has 3 rings (SSSR count). The van der Waals surface area contributed by atoms with Gasteiger partial charge in [-0.15, -0.1) is 0 Å². The van der Waals surface area contributed by atoms with Crippen molar-refractivity contribution in [2.24, 2.45) is 21.8 Å². The maximum absolute atomic E-state index is 12.6. The average molecular weight is 334 g/mol. The Morgan fingerprint density at radius 2 is 1.78 bits per heavy atom. The molecule has 0 amide bonds. The van der Waals surface area contributed by atoms with E-state index >= 15 is 0 Å². The van der Waals surface area contributed by atoms with Crippen molar-refractivity contribution in [2.75, 3.05) is 0 Å². The fraction of sp³-hybridized carbons (Fsp3) is 0.529. The topological polar surface area (TPSA) is 75.6 Å². The molecule has 0 unspecified atom stereocenters. The van der Waals surface area contributed by atoms with Crippen molar-refractivity contribution in [2.45, 2.75) is 45.4 Å². The van der Waals surface area contributed by atoms with Gasteiger partial charge in [0.25, 0.3) is 10.0 Å². The second-order valence-electron chi connectivity index (χ2n) is 7.38. The Bertz CT molecular complexity index is 794. The van der Waals surface area contributed by atoms with Gasteiger partial charge in [0, 0.05) is 11.3 Å². The summed E-state index contributed by atoms with van der Waals surface area (Å²) in [6, 6.07) is 6.53. The van der Waals surface area contributed by atoms with E-state index in [2.05, 4.69) is 23.8 Å². The zero-order chi connectivity index (χ0) is 17.0. The Morgan fingerprint density at radius 1 is 1.17 bits per heavy atom. The second-order valence-corrected chi connectivity index (χ2v) is 9.04. The summed E-state index contributed by atoms with van der Waals surface area (Å²) in [5, 5.41) is 4.03. The first-order valence-electron chi connectivity index (χ1n) is 7.80. The quantitative estimate of drug-likeness (QED) is 0.864. The van der Waals surface area contributed by atoms with E-state index in [1.165, 1.54) is 12.1 Å². The molecule has 0 heterocycles. The van der Waals surface area contributed by atoms with Crippen molar-refractivity contribution in [3.8, 4) is 0 Å². The van der Waals surface area contributed by atoms with E-state index in [-0.39, 0.29) is 22.0 Å². The van der Waals surface area contributed by atoms with Gasteiger partial charge in [0.2, 0.25) is 0 Å². The summed E-state index contributed by atoms with van der Waals surface area (Å²) < 4.78 is 24.6. The lowest BCUT2D eigenvalue weighted by molar-refractivity contribution is -0.123. The van der Waals surface area contributed by atoms with Gasteiger partial charge >= 0.3 is 0 Å². The van der Waals surface area contributed by atoms with Crippen molar-refractivity contribution in [3.05, 3.63) is 29.8 Å². The van der Waals surface area contributed by atoms with E-state index in [0.29, 0.717) is 5.71 Å². The van der Waals surface area contributed by atoms with Gasteiger partial charge in [-0.05, 0) is 37.3 Å². The van der Waals surface area contributed by atoms with Crippen LogP contribution in [-0.4, -0.2) is 19.9 Å². The van der Waals surface area contributed by atoms with Gasteiger partial charge in [-0.25, -0.2) is 0 Å². The highest BCUT2D eigenvalue weighted by molar-refractivity contribution is 7.89. The summed E-state index contributed by atoms with van der Waals surface area (Å²) in [5.41, 5.74) is 0.733. The molecule has 0 spiro atoms. The van der Waals surface area contributed by atoms with Crippen molar-refractivity contribution in [1.29, 1.82) is 0 Å². The maximum atomic E-state index is 12.6. The second kappa shape index (κ2) is 4.90. The molecule has 2 aliphatic rings. The van der Waals surface area contributed by atoms with Crippen molar-refractivity contribution >= 4 is 21.5 Å². The summed E-state index contributed by atoms with van der Waals surface area (Å²) in [6.07, 6.45) is 1.72. The maximum Gasteiger partial charge on any atom is 0.276 e. The third-order valence-electron chi connectivity index (χ3n) is 5.91. The average Bonchev–Trinajstić information content (AvgIpc) is 2.78. The Balaban J connectivity index is 1.89. The van der Waals surface area contributed by atoms with Gasteiger partial charge in [0.1, 0.15) is 5.71 Å². The fourth-order valence-corrected chi connectivity index (χ4v) is 4.65. The molecule has 0 radical (unpaired) electrons. The first-order valence-corrected chi connectivity index (χ1v) is 9.29. The van der Waals surface area contributed by atoms with Crippen LogP contribution in [0.5, 0.6) is 0 Å². The van der Waals surface area contributed by atoms with Crippen LogP contribution >= 0.6 is 0 Å². The summed E-state index contributed by atoms with van der Waals surface area (Å²) in [6.45, 7) is 7.99. The van der Waals surface area contributed by atoms with E-state index in [9.17, 15) is 13.2 Å². The van der Waals surface area contributed by atoms with Gasteiger partial charge in [0.15, 0.2) is 5.78 Å². The molecule has 0 aromatic heterocycles. The molecule has 1 aromatic carbocycles. The number of nitrogens with one attached hydrogen (secondary N) is 1. The highest BCUT2D eigenvalue weighted by Crippen LogP contribution is 2.62. The Labute approximate surface area is 137 Å². The van der Waals surface area contributed by atoms with Crippen LogP contribution in [0.4, 0.5) is 0 Å². The molecule has 2 aliphatic carbocycles. The molecular formula is C17H22N2O3S. The minimum Gasteiger partial charge on any atom is -0.292 e. The number of hydrogen-bond donors (Lipinski definition) is 1. The normalized spacial score (nSPS) is 30.9. The van der Waals surface area contributed by atoms with Crippen molar-refractivity contribution in [3.63, 3.8) is 0 Å². The first kappa shape index (κ1) is 16.2. The third-order valence-corrected chi connectivity index (χ3v) is 7.13. The molecule has 1 aromatic rings. The number of carbonyl (C=O) groups is 1. The molecular weight excluding hydrogens is 312 g/mol. The molecule has 2 fully saturated rings. The number of ketones is 1. The van der Waals surface area contributed by atoms with Gasteiger partial charge in [-0.2, -0.15) is 18.4 Å². The van der Waals surface area contributed by atoms with Crippen LogP contribution in [0.2, 0.25) is 0 Å². The monoisotopic (exact) mass is 334 g/mol. The molecule has 23 heavy (non-hydrogen) atoms. The number of nitrogens with zero attached hydrogens (tertiary/aromatic N) is 1. The number of benzene rings is 1. The zero-order valence-electron chi connectivity index (χ0n) is 13.9. The van der Waals surface area contributed by atoms with Gasteiger partial charge < -0.3 is 0 Å². The van der Waals surface area contributed by atoms with Gasteiger partial charge in [-0.1, -0.05) is 38.5 Å². The Hall–Kier alpha value is -1.69. The highest BCUT2D eigenvalue weighted by atomic mass is 32.2. The summed E-state index contributed by atoms with van der Waals surface area (Å²) in [7, 11) is -3.75. The molecule has 0 saturated heterocycles. The molecule has 2 atom stereocenters. The van der Waals surface area contributed by atoms with E-state index in [1.54, 1.807) is 12.1 Å². The number of aryl methyl sites for hydroxylation is 1. The summed E-state index contributed by atoms with van der Waals surface area (Å²) >= 11 is 0. The first-order chi connectivity index (χ1) is 10.6. The Morgan fingerprint density at radius 3 is 2.30 bits per heavy atom. The molecule has 0 aliphatic heterocycles. The van der Waals surface area contributed by atoms with Gasteiger partial charge in [0.05, 0.1) is 4.90 Å². The molecule has 1 N–H and O–H groups in total. The SMILES string of the molecule is Cc1ccc(S(=O)(=O)N/N=C2/C(=O)[C@]3(C)CC[C@H]2C3(C)C)cc1. The number of hydrogen-bond acceptors (Lipinski definition) is 4. The van der Waals surface area contributed by atoms with Crippen LogP contribution in [0, 0.1) is 23.7 Å². The number of rotatable bonds is 3. The number of Topliss-reactive ketones (excluding diaryl/α,β-unsaturated/α-hetero) is 1. The van der Waals surface area contributed by atoms with E-state index in [1.807, 2.05) is 13.8 Å². The number of sulfonamides is 1. The predicted octanol–water partition coefficient (Wildman–Crippen LogP) is 2.65. The highest BCUT2D eigenvalue weighted by Gasteiger charge is 2.65. The lowest BCUT2D eigenvalue weighted by Crippen LogP contribution is -2.34. The largest absolute Gasteiger partial charge is 0.292 e.